The van der Waals surface area contributed by atoms with Crippen LogP contribution in [0, 0.1) is 0 Å². The largest absolute Gasteiger partial charge is 0.457 e. The number of ether oxygens (including phenoxy) is 3. The minimum atomic E-state index is -0.962. The summed E-state index contributed by atoms with van der Waals surface area (Å²) in [5.74, 6) is 0.337. The van der Waals surface area contributed by atoms with Crippen LogP contribution in [-0.2, 0) is 15.3 Å². The van der Waals surface area contributed by atoms with Crippen LogP contribution in [-0.4, -0.2) is 37.3 Å². The second-order valence-electron chi connectivity index (χ2n) is 6.47. The molecule has 0 aliphatic carbocycles. The molecule has 27 heavy (non-hydrogen) atoms. The fourth-order valence-corrected chi connectivity index (χ4v) is 3.55. The van der Waals surface area contributed by atoms with E-state index in [1.807, 2.05) is 24.1 Å². The van der Waals surface area contributed by atoms with E-state index in [0.717, 1.165) is 5.56 Å². The van der Waals surface area contributed by atoms with Crippen molar-refractivity contribution < 1.29 is 14.2 Å². The van der Waals surface area contributed by atoms with E-state index < -0.39 is 5.79 Å². The number of halogens is 2. The minimum absolute atomic E-state index is 0.0328. The molecule has 1 N–H and O–H groups in total. The van der Waals surface area contributed by atoms with E-state index in [2.05, 4.69) is 10.4 Å². The Morgan fingerprint density at radius 2 is 2.00 bits per heavy atom. The molecule has 2 aliphatic heterocycles. The van der Waals surface area contributed by atoms with Gasteiger partial charge in [0.05, 0.1) is 30.6 Å². The molecular weight excluding hydrogens is 389 g/mol. The van der Waals surface area contributed by atoms with Gasteiger partial charge >= 0.3 is 0 Å². The van der Waals surface area contributed by atoms with Crippen LogP contribution in [0.4, 0.5) is 0 Å². The highest BCUT2D eigenvalue weighted by Crippen LogP contribution is 2.40. The standard InChI is InChI=1S/C19H19Cl2N3O3/c1-13-9-25-19(27-13,10-24-12-22-11-23-24)17-7-6-16(8-18(17)21)26-15-4-2-14(20)3-5-15/h2-8,11,13H,9-10,12H2,1H3,(H,22,23). The van der Waals surface area contributed by atoms with Crippen LogP contribution < -0.4 is 10.2 Å². The van der Waals surface area contributed by atoms with E-state index in [-0.39, 0.29) is 6.10 Å². The number of nitrogens with zero attached hydrogens (tertiary/aromatic N) is 2. The van der Waals surface area contributed by atoms with Crippen molar-refractivity contribution in [1.29, 1.82) is 0 Å². The maximum Gasteiger partial charge on any atom is 0.211 e. The number of benzene rings is 2. The van der Waals surface area contributed by atoms with Crippen molar-refractivity contribution in [3.8, 4) is 11.5 Å². The smallest absolute Gasteiger partial charge is 0.211 e. The van der Waals surface area contributed by atoms with E-state index in [4.69, 9.17) is 37.4 Å². The van der Waals surface area contributed by atoms with Crippen LogP contribution in [0.15, 0.2) is 47.5 Å². The van der Waals surface area contributed by atoms with Crippen LogP contribution in [0.1, 0.15) is 12.5 Å². The number of hydrazine groups is 1. The molecule has 2 heterocycles. The molecular formula is C19H19Cl2N3O3. The third-order valence-electron chi connectivity index (χ3n) is 4.33. The van der Waals surface area contributed by atoms with Gasteiger partial charge in [-0.1, -0.05) is 23.2 Å². The van der Waals surface area contributed by atoms with Gasteiger partial charge in [0, 0.05) is 10.6 Å². The van der Waals surface area contributed by atoms with Gasteiger partial charge in [0.15, 0.2) is 0 Å². The summed E-state index contributed by atoms with van der Waals surface area (Å²) in [7, 11) is 0. The molecule has 2 aromatic rings. The molecule has 2 atom stereocenters. The van der Waals surface area contributed by atoms with Gasteiger partial charge in [0.25, 0.3) is 0 Å². The van der Waals surface area contributed by atoms with E-state index >= 15 is 0 Å². The third kappa shape index (κ3) is 4.05. The first kappa shape index (κ1) is 18.5. The number of aliphatic imine (C=N–C) groups is 1. The predicted molar refractivity (Wildman–Crippen MR) is 104 cm³/mol. The van der Waals surface area contributed by atoms with Crippen molar-refractivity contribution in [2.45, 2.75) is 18.8 Å². The van der Waals surface area contributed by atoms with Crippen molar-refractivity contribution in [1.82, 2.24) is 10.4 Å². The van der Waals surface area contributed by atoms with E-state index in [1.165, 1.54) is 0 Å². The van der Waals surface area contributed by atoms with Gasteiger partial charge in [-0.2, -0.15) is 5.01 Å². The molecule has 0 bridgehead atoms. The van der Waals surface area contributed by atoms with Crippen molar-refractivity contribution in [2.75, 3.05) is 19.8 Å². The van der Waals surface area contributed by atoms with Crippen LogP contribution in [0.2, 0.25) is 10.0 Å². The molecule has 142 valence electrons. The Kier molecular flexibility index (Phi) is 5.25. The number of nitrogens with one attached hydrogen (secondary N) is 1. The Morgan fingerprint density at radius 3 is 2.63 bits per heavy atom. The summed E-state index contributed by atoms with van der Waals surface area (Å²) in [6.07, 6.45) is 1.62. The molecule has 0 spiro atoms. The lowest BCUT2D eigenvalue weighted by Gasteiger charge is -2.32. The zero-order valence-corrected chi connectivity index (χ0v) is 16.2. The molecule has 2 aliphatic rings. The van der Waals surface area contributed by atoms with E-state index in [1.54, 1.807) is 36.7 Å². The lowest BCUT2D eigenvalue weighted by Crippen LogP contribution is -2.45. The monoisotopic (exact) mass is 407 g/mol. The highest BCUT2D eigenvalue weighted by molar-refractivity contribution is 6.31. The normalized spacial score (nSPS) is 24.9. The molecule has 6 nitrogen and oxygen atoms in total. The second-order valence-corrected chi connectivity index (χ2v) is 7.31. The van der Waals surface area contributed by atoms with Crippen LogP contribution in [0.5, 0.6) is 11.5 Å². The molecule has 1 saturated heterocycles. The highest BCUT2D eigenvalue weighted by atomic mass is 35.5. The fraction of sp³-hybridized carbons (Fsp3) is 0.316. The maximum absolute atomic E-state index is 6.59. The Bertz CT molecular complexity index is 839. The first-order valence-corrected chi connectivity index (χ1v) is 9.34. The van der Waals surface area contributed by atoms with Gasteiger partial charge in [-0.15, -0.1) is 0 Å². The second kappa shape index (κ2) is 7.66. The van der Waals surface area contributed by atoms with Crippen molar-refractivity contribution in [3.05, 3.63) is 58.1 Å². The van der Waals surface area contributed by atoms with Gasteiger partial charge in [-0.05, 0) is 49.4 Å². The van der Waals surface area contributed by atoms with Crippen molar-refractivity contribution >= 4 is 29.5 Å². The summed E-state index contributed by atoms with van der Waals surface area (Å²) in [4.78, 5) is 4.16. The zero-order valence-electron chi connectivity index (χ0n) is 14.7. The van der Waals surface area contributed by atoms with Crippen LogP contribution in [0.3, 0.4) is 0 Å². The lowest BCUT2D eigenvalue weighted by molar-refractivity contribution is -0.189. The number of hydrogen-bond acceptors (Lipinski definition) is 6. The minimum Gasteiger partial charge on any atom is -0.457 e. The molecule has 8 heteroatoms. The predicted octanol–water partition coefficient (Wildman–Crippen LogP) is 4.18. The molecule has 0 amide bonds. The van der Waals surface area contributed by atoms with E-state index in [0.29, 0.717) is 41.4 Å². The molecule has 0 aromatic heterocycles. The summed E-state index contributed by atoms with van der Waals surface area (Å²) in [6.45, 7) is 3.45. The average molecular weight is 408 g/mol. The average Bonchev–Trinajstić information content (AvgIpc) is 3.28. The molecule has 4 rings (SSSR count). The summed E-state index contributed by atoms with van der Waals surface area (Å²) >= 11 is 12.5. The molecule has 2 unspecified atom stereocenters. The van der Waals surface area contributed by atoms with Crippen molar-refractivity contribution in [2.24, 2.45) is 4.99 Å². The quantitative estimate of drug-likeness (QED) is 0.805. The Balaban J connectivity index is 1.58. The summed E-state index contributed by atoms with van der Waals surface area (Å²) < 4.78 is 18.1. The SMILES string of the molecule is CC1COC(CN2CN=CN2)(c2ccc(Oc3ccc(Cl)cc3)cc2Cl)O1. The summed E-state index contributed by atoms with van der Waals surface area (Å²) in [5, 5.41) is 3.07. The summed E-state index contributed by atoms with van der Waals surface area (Å²) in [5.41, 5.74) is 3.82. The number of rotatable bonds is 5. The first-order chi connectivity index (χ1) is 13.0. The zero-order chi connectivity index (χ0) is 18.9. The Hall–Kier alpha value is -1.83. The maximum atomic E-state index is 6.59. The Morgan fingerprint density at radius 1 is 1.22 bits per heavy atom. The third-order valence-corrected chi connectivity index (χ3v) is 4.89. The summed E-state index contributed by atoms with van der Waals surface area (Å²) in [6, 6.07) is 12.6. The van der Waals surface area contributed by atoms with Gasteiger partial charge in [-0.25, -0.2) is 0 Å². The van der Waals surface area contributed by atoms with Crippen LogP contribution in [0.25, 0.3) is 0 Å². The molecule has 2 aromatic carbocycles. The molecule has 0 radical (unpaired) electrons. The number of hydrogen-bond donors (Lipinski definition) is 1. The molecule has 1 fully saturated rings. The van der Waals surface area contributed by atoms with Crippen LogP contribution >= 0.6 is 23.2 Å². The van der Waals surface area contributed by atoms with E-state index in [9.17, 15) is 0 Å². The highest BCUT2D eigenvalue weighted by Gasteiger charge is 2.45. The van der Waals surface area contributed by atoms with Crippen molar-refractivity contribution in [3.63, 3.8) is 0 Å². The van der Waals surface area contributed by atoms with Gasteiger partial charge in [0.2, 0.25) is 5.79 Å². The first-order valence-electron chi connectivity index (χ1n) is 8.59. The van der Waals surface area contributed by atoms with Gasteiger partial charge < -0.3 is 19.6 Å². The van der Waals surface area contributed by atoms with Gasteiger partial charge in [0.1, 0.15) is 18.2 Å². The van der Waals surface area contributed by atoms with Gasteiger partial charge in [-0.3, -0.25) is 4.99 Å². The Labute approximate surface area is 167 Å². The fourth-order valence-electron chi connectivity index (χ4n) is 3.11. The topological polar surface area (TPSA) is 55.3 Å². The lowest BCUT2D eigenvalue weighted by atomic mass is 10.0. The molecule has 0 saturated carbocycles.